The van der Waals surface area contributed by atoms with Crippen LogP contribution in [0.25, 0.3) is 0 Å². The summed E-state index contributed by atoms with van der Waals surface area (Å²) >= 11 is 0. The van der Waals surface area contributed by atoms with Gasteiger partial charge in [-0.2, -0.15) is 0 Å². The average Bonchev–Trinajstić information content (AvgIpc) is 2.83. The largest absolute Gasteiger partial charge is 0.469 e. The van der Waals surface area contributed by atoms with Gasteiger partial charge in [-0.1, -0.05) is 6.42 Å². The lowest BCUT2D eigenvalue weighted by Gasteiger charge is -2.34. The van der Waals surface area contributed by atoms with Gasteiger partial charge in [0.2, 0.25) is 0 Å². The molecule has 0 unspecified atom stereocenters. The third kappa shape index (κ3) is 3.13. The highest BCUT2D eigenvalue weighted by Gasteiger charge is 2.26. The van der Waals surface area contributed by atoms with Gasteiger partial charge in [-0.05, 0) is 38.4 Å². The van der Waals surface area contributed by atoms with Crippen molar-refractivity contribution in [1.29, 1.82) is 0 Å². The SMILES string of the molecule is COC(=O)CCN1CCCC[C@H]1c1ccc(C)o1. The summed E-state index contributed by atoms with van der Waals surface area (Å²) in [6.45, 7) is 3.74. The molecule has 4 nitrogen and oxygen atoms in total. The number of hydrogen-bond acceptors (Lipinski definition) is 4. The number of piperidine rings is 1. The average molecular weight is 251 g/mol. The van der Waals surface area contributed by atoms with Gasteiger partial charge in [0.05, 0.1) is 19.6 Å². The predicted octanol–water partition coefficient (Wildman–Crippen LogP) is 2.68. The zero-order chi connectivity index (χ0) is 13.0. The highest BCUT2D eigenvalue weighted by molar-refractivity contribution is 5.69. The van der Waals surface area contributed by atoms with Gasteiger partial charge in [-0.3, -0.25) is 9.69 Å². The van der Waals surface area contributed by atoms with Crippen molar-refractivity contribution in [3.63, 3.8) is 0 Å². The van der Waals surface area contributed by atoms with Crippen LogP contribution in [0.5, 0.6) is 0 Å². The topological polar surface area (TPSA) is 42.7 Å². The molecule has 0 aromatic carbocycles. The monoisotopic (exact) mass is 251 g/mol. The number of esters is 1. The summed E-state index contributed by atoms with van der Waals surface area (Å²) in [4.78, 5) is 13.6. The van der Waals surface area contributed by atoms with Gasteiger partial charge < -0.3 is 9.15 Å². The van der Waals surface area contributed by atoms with Gasteiger partial charge in [0.1, 0.15) is 11.5 Å². The van der Waals surface area contributed by atoms with E-state index in [1.165, 1.54) is 20.0 Å². The molecule has 0 aliphatic carbocycles. The second-order valence-corrected chi connectivity index (χ2v) is 4.82. The van der Waals surface area contributed by atoms with E-state index in [1.807, 2.05) is 13.0 Å². The van der Waals surface area contributed by atoms with E-state index in [4.69, 9.17) is 9.15 Å². The van der Waals surface area contributed by atoms with Crippen molar-refractivity contribution in [2.45, 2.75) is 38.6 Å². The Morgan fingerprint density at radius 1 is 1.50 bits per heavy atom. The van der Waals surface area contributed by atoms with Crippen LogP contribution in [-0.4, -0.2) is 31.1 Å². The van der Waals surface area contributed by atoms with E-state index < -0.39 is 0 Å². The molecule has 0 radical (unpaired) electrons. The van der Waals surface area contributed by atoms with E-state index in [2.05, 4.69) is 11.0 Å². The van der Waals surface area contributed by atoms with Gasteiger partial charge >= 0.3 is 5.97 Å². The first kappa shape index (κ1) is 13.1. The Kier molecular flexibility index (Phi) is 4.42. The van der Waals surface area contributed by atoms with Crippen LogP contribution >= 0.6 is 0 Å². The van der Waals surface area contributed by atoms with E-state index >= 15 is 0 Å². The number of likely N-dealkylation sites (tertiary alicyclic amines) is 1. The van der Waals surface area contributed by atoms with Crippen molar-refractivity contribution < 1.29 is 13.9 Å². The number of carbonyl (C=O) groups is 1. The van der Waals surface area contributed by atoms with Crippen LogP contribution in [0.3, 0.4) is 0 Å². The van der Waals surface area contributed by atoms with Gasteiger partial charge in [0, 0.05) is 6.54 Å². The summed E-state index contributed by atoms with van der Waals surface area (Å²) in [6.07, 6.45) is 3.97. The molecular formula is C14H21NO3. The molecule has 0 spiro atoms. The molecule has 100 valence electrons. The fourth-order valence-electron chi connectivity index (χ4n) is 2.55. The summed E-state index contributed by atoms with van der Waals surface area (Å²) in [5, 5.41) is 0. The smallest absolute Gasteiger partial charge is 0.306 e. The first-order valence-electron chi connectivity index (χ1n) is 6.58. The fraction of sp³-hybridized carbons (Fsp3) is 0.643. The van der Waals surface area contributed by atoms with E-state index in [0.717, 1.165) is 31.0 Å². The van der Waals surface area contributed by atoms with Crippen LogP contribution in [0.2, 0.25) is 0 Å². The molecule has 0 amide bonds. The Morgan fingerprint density at radius 2 is 2.33 bits per heavy atom. The van der Waals surface area contributed by atoms with Crippen molar-refractivity contribution in [1.82, 2.24) is 4.90 Å². The van der Waals surface area contributed by atoms with Crippen molar-refractivity contribution in [2.75, 3.05) is 20.2 Å². The molecular weight excluding hydrogens is 230 g/mol. The van der Waals surface area contributed by atoms with Crippen LogP contribution in [-0.2, 0) is 9.53 Å². The van der Waals surface area contributed by atoms with Crippen molar-refractivity contribution in [3.05, 3.63) is 23.7 Å². The van der Waals surface area contributed by atoms with Crippen LogP contribution in [0, 0.1) is 6.92 Å². The maximum atomic E-state index is 11.2. The number of aryl methyl sites for hydroxylation is 1. The molecule has 1 atom stereocenters. The van der Waals surface area contributed by atoms with Crippen molar-refractivity contribution in [2.24, 2.45) is 0 Å². The summed E-state index contributed by atoms with van der Waals surface area (Å²) in [7, 11) is 1.44. The summed E-state index contributed by atoms with van der Waals surface area (Å²) in [5.41, 5.74) is 0. The standard InChI is InChI=1S/C14H21NO3/c1-11-6-7-13(18-11)12-5-3-4-9-15(12)10-8-14(16)17-2/h6-7,12H,3-5,8-10H2,1-2H3/t12-/m0/s1. The lowest BCUT2D eigenvalue weighted by molar-refractivity contribution is -0.141. The molecule has 1 aliphatic rings. The van der Waals surface area contributed by atoms with Gasteiger partial charge in [-0.15, -0.1) is 0 Å². The number of ether oxygens (including phenoxy) is 1. The Bertz CT molecular complexity index is 399. The highest BCUT2D eigenvalue weighted by atomic mass is 16.5. The molecule has 0 N–H and O–H groups in total. The Hall–Kier alpha value is -1.29. The van der Waals surface area contributed by atoms with Gasteiger partial charge in [0.15, 0.2) is 0 Å². The van der Waals surface area contributed by atoms with Crippen molar-refractivity contribution >= 4 is 5.97 Å². The number of furan rings is 1. The molecule has 18 heavy (non-hydrogen) atoms. The minimum absolute atomic E-state index is 0.144. The first-order chi connectivity index (χ1) is 8.70. The summed E-state index contributed by atoms with van der Waals surface area (Å²) < 4.78 is 10.4. The van der Waals surface area contributed by atoms with E-state index in [1.54, 1.807) is 0 Å². The number of rotatable bonds is 4. The molecule has 0 saturated carbocycles. The molecule has 1 aromatic rings. The minimum Gasteiger partial charge on any atom is -0.469 e. The number of methoxy groups -OCH3 is 1. The van der Waals surface area contributed by atoms with E-state index in [9.17, 15) is 4.79 Å². The number of nitrogens with zero attached hydrogens (tertiary/aromatic N) is 1. The Balaban J connectivity index is 1.99. The maximum Gasteiger partial charge on any atom is 0.306 e. The lowest BCUT2D eigenvalue weighted by atomic mass is 10.00. The molecule has 1 aromatic heterocycles. The zero-order valence-electron chi connectivity index (χ0n) is 11.1. The Labute approximate surface area is 108 Å². The molecule has 2 heterocycles. The summed E-state index contributed by atoms with van der Waals surface area (Å²) in [6, 6.07) is 4.37. The number of carbonyl (C=O) groups excluding carboxylic acids is 1. The molecule has 2 rings (SSSR count). The molecule has 1 aliphatic heterocycles. The second-order valence-electron chi connectivity index (χ2n) is 4.82. The fourth-order valence-corrected chi connectivity index (χ4v) is 2.55. The zero-order valence-corrected chi connectivity index (χ0v) is 11.1. The quantitative estimate of drug-likeness (QED) is 0.772. The van der Waals surface area contributed by atoms with Crippen LogP contribution in [0.4, 0.5) is 0 Å². The van der Waals surface area contributed by atoms with E-state index in [0.29, 0.717) is 12.5 Å². The maximum absolute atomic E-state index is 11.2. The van der Waals surface area contributed by atoms with Crippen LogP contribution in [0.15, 0.2) is 16.5 Å². The predicted molar refractivity (Wildman–Crippen MR) is 68.2 cm³/mol. The third-order valence-electron chi connectivity index (χ3n) is 3.53. The minimum atomic E-state index is -0.144. The van der Waals surface area contributed by atoms with E-state index in [-0.39, 0.29) is 5.97 Å². The number of hydrogen-bond donors (Lipinski definition) is 0. The van der Waals surface area contributed by atoms with Gasteiger partial charge in [0.25, 0.3) is 0 Å². The molecule has 4 heteroatoms. The van der Waals surface area contributed by atoms with Crippen LogP contribution < -0.4 is 0 Å². The second kappa shape index (κ2) is 6.05. The Morgan fingerprint density at radius 3 is 3.00 bits per heavy atom. The molecule has 0 bridgehead atoms. The normalized spacial score (nSPS) is 20.9. The summed E-state index contributed by atoms with van der Waals surface area (Å²) in [5.74, 6) is 1.83. The molecule has 1 fully saturated rings. The van der Waals surface area contributed by atoms with Gasteiger partial charge in [-0.25, -0.2) is 0 Å². The van der Waals surface area contributed by atoms with Crippen LogP contribution in [0.1, 0.15) is 43.2 Å². The third-order valence-corrected chi connectivity index (χ3v) is 3.53. The molecule has 1 saturated heterocycles. The van der Waals surface area contributed by atoms with Crippen molar-refractivity contribution in [3.8, 4) is 0 Å². The highest BCUT2D eigenvalue weighted by Crippen LogP contribution is 2.31. The lowest BCUT2D eigenvalue weighted by Crippen LogP contribution is -2.35. The first-order valence-corrected chi connectivity index (χ1v) is 6.58.